The third-order valence-corrected chi connectivity index (χ3v) is 18.3. The number of carbonyl (C=O) groups excluding carboxylic acids is 12. The van der Waals surface area contributed by atoms with Crippen LogP contribution in [0.15, 0.2) is 60.7 Å². The third kappa shape index (κ3) is 24.8. The van der Waals surface area contributed by atoms with Crippen molar-refractivity contribution in [3.63, 3.8) is 0 Å². The van der Waals surface area contributed by atoms with Gasteiger partial charge in [0.15, 0.2) is 0 Å². The van der Waals surface area contributed by atoms with E-state index in [1.807, 2.05) is 41.5 Å². The van der Waals surface area contributed by atoms with Crippen LogP contribution in [-0.4, -0.2) is 179 Å². The SMILES string of the molecule is CCCC[C@H]1NC(=O)[C@@H]2CCCN2C(=O)[C@@H](Cc2ccccc2)NC(=O)[C@H](CC(C)C)NC(=O)[C@H](CCCN)NC(=O)[C@H](C(C)C)NC(=O)[C@@H](CCCC)NC(=O)[C@@H]2CCCN2C(=O)[C@@H](Cc2ccccc2)NC(=O)[C@H](CC(C)C)NC(=O)[C@H](CCCN)NC(=O)[C@H](C(C)C)NC1=O. The Morgan fingerprint density at radius 3 is 0.959 bits per heavy atom. The van der Waals surface area contributed by atoms with E-state index in [-0.39, 0.29) is 115 Å². The second kappa shape index (κ2) is 40.8. The highest BCUT2D eigenvalue weighted by Crippen LogP contribution is 2.24. The Balaban J connectivity index is 1.60. The summed E-state index contributed by atoms with van der Waals surface area (Å²) in [5, 5.41) is 28.6. The molecular weight excluding hydrogens is 1250 g/mol. The monoisotopic (exact) mass is 1370 g/mol. The molecule has 2 aromatic carbocycles. The number of amides is 12. The first-order chi connectivity index (χ1) is 46.7. The summed E-state index contributed by atoms with van der Waals surface area (Å²) in [7, 11) is 0. The molecule has 3 saturated heterocycles. The molecule has 544 valence electrons. The first-order valence-corrected chi connectivity index (χ1v) is 35.8. The average Bonchev–Trinajstić information content (AvgIpc) is 1.73. The Kier molecular flexibility index (Phi) is 33.6. The largest absolute Gasteiger partial charge is 0.343 e. The molecule has 3 aliphatic heterocycles. The molecule has 26 heteroatoms. The molecule has 0 spiro atoms. The van der Waals surface area contributed by atoms with E-state index in [1.165, 1.54) is 9.80 Å². The van der Waals surface area contributed by atoms with E-state index in [1.54, 1.807) is 88.4 Å². The minimum absolute atomic E-state index is 0.00380. The summed E-state index contributed by atoms with van der Waals surface area (Å²) in [6.07, 6.45) is 4.66. The number of benzene rings is 2. The van der Waals surface area contributed by atoms with Crippen molar-refractivity contribution in [2.45, 2.75) is 257 Å². The molecule has 0 unspecified atom stereocenters. The summed E-state index contributed by atoms with van der Waals surface area (Å²) in [6, 6.07) is 3.41. The third-order valence-electron chi connectivity index (χ3n) is 18.3. The van der Waals surface area contributed by atoms with Gasteiger partial charge in [-0.2, -0.15) is 0 Å². The molecule has 26 nitrogen and oxygen atoms in total. The first kappa shape index (κ1) is 80.7. The maximum atomic E-state index is 15.1. The van der Waals surface area contributed by atoms with Crippen LogP contribution < -0.4 is 64.6 Å². The van der Waals surface area contributed by atoms with Crippen molar-refractivity contribution in [1.29, 1.82) is 0 Å². The van der Waals surface area contributed by atoms with Crippen LogP contribution in [0.25, 0.3) is 0 Å². The van der Waals surface area contributed by atoms with Gasteiger partial charge in [0.05, 0.1) is 0 Å². The predicted octanol–water partition coefficient (Wildman–Crippen LogP) is 2.58. The normalized spacial score (nSPS) is 26.3. The van der Waals surface area contributed by atoms with Crippen molar-refractivity contribution in [2.24, 2.45) is 35.1 Å². The van der Waals surface area contributed by atoms with E-state index in [0.29, 0.717) is 49.7 Å². The highest BCUT2D eigenvalue weighted by molar-refractivity contribution is 6.00. The maximum Gasteiger partial charge on any atom is 0.246 e. The first-order valence-electron chi connectivity index (χ1n) is 35.8. The average molecular weight is 1370 g/mol. The molecule has 12 amide bonds. The van der Waals surface area contributed by atoms with Crippen LogP contribution >= 0.6 is 0 Å². The van der Waals surface area contributed by atoms with Gasteiger partial charge in [0.2, 0.25) is 70.9 Å². The number of carbonyl (C=O) groups is 12. The van der Waals surface area contributed by atoms with Gasteiger partial charge in [-0.3, -0.25) is 57.5 Å². The lowest BCUT2D eigenvalue weighted by Crippen LogP contribution is -2.62. The Hall–Kier alpha value is -8.00. The lowest BCUT2D eigenvalue weighted by molar-refractivity contribution is -0.143. The van der Waals surface area contributed by atoms with E-state index < -0.39 is 155 Å². The van der Waals surface area contributed by atoms with Crippen LogP contribution in [-0.2, 0) is 70.4 Å². The molecular formula is C72H114N14O12. The zero-order valence-electron chi connectivity index (χ0n) is 59.5. The standard InChI is InChI=1S/C72H114N14O12/c1-11-13-29-49-63(89)83-59(45(7)8)69(95)77-51(31-21-35-73)61(87)79-54(40-44(5)6)66(92)82-56(42-48-27-19-16-20-28-48)72(98)86-38-24-34-58(86)68(94)76-50(30-14-12-2)64(90)84-60(46(9)10)70(96)78-52(32-22-36-74)62(88)80-53(39-43(3)4)65(91)81-55(41-47-25-17-15-18-26-47)71(97)85-37-23-33-57(85)67(93)75-49/h15-20,25-28,43-46,49-60H,11-14,21-24,29-42,73-74H2,1-10H3,(H,75,93)(H,76,94)(H,77,95)(H,78,96)(H,79,87)(H,80,88)(H,81,91)(H,82,92)(H,83,89)(H,84,90)/t49-,50-,51+,52+,53+,54+,55-,56-,57+,58+,59+,60+/m1/s1. The topological polar surface area (TPSA) is 384 Å². The molecule has 3 fully saturated rings. The second-order valence-electron chi connectivity index (χ2n) is 28.1. The van der Waals surface area contributed by atoms with Crippen molar-refractivity contribution in [3.8, 4) is 0 Å². The molecule has 3 aliphatic rings. The highest BCUT2D eigenvalue weighted by Gasteiger charge is 2.44. The van der Waals surface area contributed by atoms with E-state index in [2.05, 4.69) is 53.2 Å². The van der Waals surface area contributed by atoms with Crippen LogP contribution in [0.5, 0.6) is 0 Å². The van der Waals surface area contributed by atoms with Gasteiger partial charge in [-0.25, -0.2) is 0 Å². The fourth-order valence-electron chi connectivity index (χ4n) is 12.8. The van der Waals surface area contributed by atoms with Crippen molar-refractivity contribution in [1.82, 2.24) is 63.0 Å². The zero-order chi connectivity index (χ0) is 72.2. The molecule has 3 heterocycles. The number of nitrogens with one attached hydrogen (secondary N) is 10. The molecule has 0 aliphatic carbocycles. The smallest absolute Gasteiger partial charge is 0.246 e. The van der Waals surface area contributed by atoms with Gasteiger partial charge in [-0.05, 0) is 125 Å². The maximum absolute atomic E-state index is 15.1. The van der Waals surface area contributed by atoms with Crippen molar-refractivity contribution < 1.29 is 57.5 Å². The molecule has 0 saturated carbocycles. The Morgan fingerprint density at radius 1 is 0.367 bits per heavy atom. The van der Waals surface area contributed by atoms with Gasteiger partial charge in [0.1, 0.15) is 72.5 Å². The number of unbranched alkanes of at least 4 members (excludes halogenated alkanes) is 2. The summed E-state index contributed by atoms with van der Waals surface area (Å²) >= 11 is 0. The number of nitrogens with zero attached hydrogens (tertiary/aromatic N) is 2. The lowest BCUT2D eigenvalue weighted by Gasteiger charge is -2.32. The summed E-state index contributed by atoms with van der Waals surface area (Å²) in [4.78, 5) is 180. The number of fused-ring (bicyclic) bond motifs is 2. The van der Waals surface area contributed by atoms with E-state index in [4.69, 9.17) is 11.5 Å². The Bertz CT molecular complexity index is 2770. The quantitative estimate of drug-likeness (QED) is 0.0807. The molecule has 14 N–H and O–H groups in total. The van der Waals surface area contributed by atoms with Crippen molar-refractivity contribution in [2.75, 3.05) is 26.2 Å². The van der Waals surface area contributed by atoms with Gasteiger partial charge >= 0.3 is 0 Å². The van der Waals surface area contributed by atoms with Gasteiger partial charge in [0, 0.05) is 25.9 Å². The zero-order valence-corrected chi connectivity index (χ0v) is 59.5. The molecule has 5 rings (SSSR count). The minimum Gasteiger partial charge on any atom is -0.343 e. The summed E-state index contributed by atoms with van der Waals surface area (Å²) in [6.45, 7) is 18.7. The fraction of sp³-hybridized carbons (Fsp3) is 0.667. The number of hydrogen-bond donors (Lipinski definition) is 12. The van der Waals surface area contributed by atoms with Crippen LogP contribution in [0.3, 0.4) is 0 Å². The van der Waals surface area contributed by atoms with Crippen LogP contribution in [0.4, 0.5) is 0 Å². The van der Waals surface area contributed by atoms with E-state index in [9.17, 15) is 47.9 Å². The molecule has 12 atom stereocenters. The number of nitrogens with two attached hydrogens (primary N) is 2. The van der Waals surface area contributed by atoms with Crippen LogP contribution in [0.2, 0.25) is 0 Å². The highest BCUT2D eigenvalue weighted by atomic mass is 16.2. The predicted molar refractivity (Wildman–Crippen MR) is 373 cm³/mol. The molecule has 2 aromatic rings. The summed E-state index contributed by atoms with van der Waals surface area (Å²) < 4.78 is 0. The Labute approximate surface area is 579 Å². The fourth-order valence-corrected chi connectivity index (χ4v) is 12.8. The van der Waals surface area contributed by atoms with E-state index in [0.717, 1.165) is 0 Å². The van der Waals surface area contributed by atoms with Gasteiger partial charge in [-0.1, -0.05) is 156 Å². The van der Waals surface area contributed by atoms with Crippen LogP contribution in [0.1, 0.15) is 183 Å². The Morgan fingerprint density at radius 2 is 0.653 bits per heavy atom. The van der Waals surface area contributed by atoms with Crippen molar-refractivity contribution >= 4 is 70.9 Å². The van der Waals surface area contributed by atoms with Gasteiger partial charge in [-0.15, -0.1) is 0 Å². The van der Waals surface area contributed by atoms with Gasteiger partial charge in [0.25, 0.3) is 0 Å². The summed E-state index contributed by atoms with van der Waals surface area (Å²) in [5.41, 5.74) is 13.3. The molecule has 0 bridgehead atoms. The van der Waals surface area contributed by atoms with Crippen molar-refractivity contribution in [3.05, 3.63) is 71.8 Å². The number of rotatable bonds is 22. The summed E-state index contributed by atoms with van der Waals surface area (Å²) in [5.74, 6) is -9.55. The number of hydrogen-bond acceptors (Lipinski definition) is 14. The lowest BCUT2D eigenvalue weighted by atomic mass is 9.99. The second-order valence-corrected chi connectivity index (χ2v) is 28.1. The van der Waals surface area contributed by atoms with E-state index >= 15 is 9.59 Å². The molecule has 0 radical (unpaired) electrons. The molecule has 0 aromatic heterocycles. The van der Waals surface area contributed by atoms with Gasteiger partial charge < -0.3 is 74.4 Å². The minimum atomic E-state index is -1.26. The van der Waals surface area contributed by atoms with Crippen LogP contribution in [0, 0.1) is 23.7 Å². The molecule has 98 heavy (non-hydrogen) atoms.